The molecule has 2 saturated heterocycles. The van der Waals surface area contributed by atoms with Crippen molar-refractivity contribution >= 4 is 9.84 Å². The molecule has 1 unspecified atom stereocenters. The van der Waals surface area contributed by atoms with E-state index in [4.69, 9.17) is 10.5 Å². The highest BCUT2D eigenvalue weighted by molar-refractivity contribution is 7.91. The van der Waals surface area contributed by atoms with E-state index in [1.54, 1.807) is 0 Å². The Morgan fingerprint density at radius 1 is 1.33 bits per heavy atom. The molecule has 5 nitrogen and oxygen atoms in total. The van der Waals surface area contributed by atoms with Crippen LogP contribution >= 0.6 is 0 Å². The minimum absolute atomic E-state index is 0.263. The molecule has 0 bridgehead atoms. The average molecular weight is 234 g/mol. The van der Waals surface area contributed by atoms with Crippen LogP contribution in [0.25, 0.3) is 0 Å². The van der Waals surface area contributed by atoms with Crippen molar-refractivity contribution in [3.63, 3.8) is 0 Å². The van der Waals surface area contributed by atoms with E-state index in [2.05, 4.69) is 4.90 Å². The summed E-state index contributed by atoms with van der Waals surface area (Å²) in [4.78, 5) is 2.13. The smallest absolute Gasteiger partial charge is 0.152 e. The van der Waals surface area contributed by atoms with Crippen molar-refractivity contribution in [1.29, 1.82) is 0 Å². The van der Waals surface area contributed by atoms with Gasteiger partial charge in [0.2, 0.25) is 0 Å². The van der Waals surface area contributed by atoms with E-state index in [1.165, 1.54) is 0 Å². The van der Waals surface area contributed by atoms with Crippen LogP contribution in [0.5, 0.6) is 0 Å². The quantitative estimate of drug-likeness (QED) is 0.652. The summed E-state index contributed by atoms with van der Waals surface area (Å²) >= 11 is 0. The fourth-order valence-electron chi connectivity index (χ4n) is 2.10. The zero-order valence-electron chi connectivity index (χ0n) is 8.81. The maximum Gasteiger partial charge on any atom is 0.152 e. The Bertz CT molecular complexity index is 308. The van der Waals surface area contributed by atoms with Crippen molar-refractivity contribution in [3.05, 3.63) is 0 Å². The summed E-state index contributed by atoms with van der Waals surface area (Å²) in [6.07, 6.45) is 0.871. The number of nitrogens with two attached hydrogens (primary N) is 1. The van der Waals surface area contributed by atoms with Crippen LogP contribution < -0.4 is 5.73 Å². The number of ether oxygens (including phenoxy) is 1. The van der Waals surface area contributed by atoms with Crippen LogP contribution in [-0.2, 0) is 14.6 Å². The molecule has 1 atom stereocenters. The Morgan fingerprint density at radius 2 is 2.00 bits per heavy atom. The van der Waals surface area contributed by atoms with E-state index in [-0.39, 0.29) is 17.0 Å². The second-order valence-electron chi connectivity index (χ2n) is 4.59. The van der Waals surface area contributed by atoms with Gasteiger partial charge in [-0.25, -0.2) is 8.42 Å². The highest BCUT2D eigenvalue weighted by Gasteiger charge is 2.34. The Morgan fingerprint density at radius 3 is 2.53 bits per heavy atom. The standard InChI is InChI=1S/C9H18N2O3S/c10-9(1-4-14-8-9)7-11-2-5-15(12,13)6-3-11/h1-8,10H2. The van der Waals surface area contributed by atoms with Gasteiger partial charge in [-0.3, -0.25) is 4.90 Å². The van der Waals surface area contributed by atoms with Crippen LogP contribution in [0.15, 0.2) is 0 Å². The molecule has 0 aromatic rings. The number of rotatable bonds is 2. The van der Waals surface area contributed by atoms with Gasteiger partial charge >= 0.3 is 0 Å². The zero-order chi connectivity index (χ0) is 10.9. The van der Waals surface area contributed by atoms with Crippen molar-refractivity contribution in [2.75, 3.05) is 44.4 Å². The monoisotopic (exact) mass is 234 g/mol. The summed E-state index contributed by atoms with van der Waals surface area (Å²) < 4.78 is 27.7. The van der Waals surface area contributed by atoms with Gasteiger partial charge in [0, 0.05) is 26.2 Å². The van der Waals surface area contributed by atoms with Gasteiger partial charge < -0.3 is 10.5 Å². The van der Waals surface area contributed by atoms with Gasteiger partial charge in [-0.05, 0) is 6.42 Å². The molecule has 2 rings (SSSR count). The molecule has 0 aromatic heterocycles. The van der Waals surface area contributed by atoms with Crippen molar-refractivity contribution in [2.45, 2.75) is 12.0 Å². The van der Waals surface area contributed by atoms with E-state index >= 15 is 0 Å². The zero-order valence-corrected chi connectivity index (χ0v) is 9.63. The molecule has 15 heavy (non-hydrogen) atoms. The summed E-state index contributed by atoms with van der Waals surface area (Å²) in [6.45, 7) is 3.30. The molecule has 2 N–H and O–H groups in total. The molecule has 0 spiro atoms. The highest BCUT2D eigenvalue weighted by atomic mass is 32.2. The first-order valence-electron chi connectivity index (χ1n) is 5.29. The Hall–Kier alpha value is -0.170. The van der Waals surface area contributed by atoms with E-state index in [1.807, 2.05) is 0 Å². The number of sulfone groups is 1. The maximum absolute atomic E-state index is 11.2. The first kappa shape index (κ1) is 11.3. The van der Waals surface area contributed by atoms with Gasteiger partial charge in [0.05, 0.1) is 23.7 Å². The van der Waals surface area contributed by atoms with E-state index < -0.39 is 9.84 Å². The molecular formula is C9H18N2O3S. The van der Waals surface area contributed by atoms with Crippen molar-refractivity contribution in [3.8, 4) is 0 Å². The second kappa shape index (κ2) is 4.01. The molecule has 2 fully saturated rings. The van der Waals surface area contributed by atoms with Gasteiger partial charge in [0.1, 0.15) is 0 Å². The predicted molar refractivity (Wildman–Crippen MR) is 57.4 cm³/mol. The van der Waals surface area contributed by atoms with Gasteiger partial charge in [-0.2, -0.15) is 0 Å². The Balaban J connectivity index is 1.86. The highest BCUT2D eigenvalue weighted by Crippen LogP contribution is 2.18. The SMILES string of the molecule is NC1(CN2CCS(=O)(=O)CC2)CCOC1. The molecule has 0 aliphatic carbocycles. The Labute approximate surface area is 90.5 Å². The number of nitrogens with zero attached hydrogens (tertiary/aromatic N) is 1. The fourth-order valence-corrected chi connectivity index (χ4v) is 3.38. The van der Waals surface area contributed by atoms with Crippen LogP contribution in [0.2, 0.25) is 0 Å². The molecule has 0 aromatic carbocycles. The molecule has 0 radical (unpaired) electrons. The molecule has 6 heteroatoms. The van der Waals surface area contributed by atoms with E-state index in [9.17, 15) is 8.42 Å². The lowest BCUT2D eigenvalue weighted by molar-refractivity contribution is 0.156. The fraction of sp³-hybridized carbons (Fsp3) is 1.00. The average Bonchev–Trinajstić information content (AvgIpc) is 2.57. The lowest BCUT2D eigenvalue weighted by atomic mass is 10.00. The third-order valence-corrected chi connectivity index (χ3v) is 4.72. The van der Waals surface area contributed by atoms with Crippen LogP contribution in [0.1, 0.15) is 6.42 Å². The third-order valence-electron chi connectivity index (χ3n) is 3.11. The van der Waals surface area contributed by atoms with Crippen molar-refractivity contribution < 1.29 is 13.2 Å². The van der Waals surface area contributed by atoms with Gasteiger partial charge in [0.15, 0.2) is 9.84 Å². The Kier molecular flexibility index (Phi) is 3.03. The van der Waals surface area contributed by atoms with Crippen LogP contribution in [0.4, 0.5) is 0 Å². The molecular weight excluding hydrogens is 216 g/mol. The van der Waals surface area contributed by atoms with E-state index in [0.29, 0.717) is 19.7 Å². The first-order chi connectivity index (χ1) is 6.99. The molecule has 88 valence electrons. The van der Waals surface area contributed by atoms with Gasteiger partial charge in [-0.1, -0.05) is 0 Å². The number of hydrogen-bond donors (Lipinski definition) is 1. The minimum Gasteiger partial charge on any atom is -0.379 e. The van der Waals surface area contributed by atoms with Crippen molar-refractivity contribution in [2.24, 2.45) is 5.73 Å². The van der Waals surface area contributed by atoms with Crippen molar-refractivity contribution in [1.82, 2.24) is 4.90 Å². The summed E-state index contributed by atoms with van der Waals surface area (Å²) in [6, 6.07) is 0. The minimum atomic E-state index is -2.78. The molecule has 0 saturated carbocycles. The molecule has 2 aliphatic rings. The van der Waals surface area contributed by atoms with Gasteiger partial charge in [-0.15, -0.1) is 0 Å². The third kappa shape index (κ3) is 2.90. The summed E-state index contributed by atoms with van der Waals surface area (Å²) in [5.74, 6) is 0.536. The molecule has 0 amide bonds. The summed E-state index contributed by atoms with van der Waals surface area (Å²) in [7, 11) is -2.78. The lowest BCUT2D eigenvalue weighted by Gasteiger charge is -2.33. The second-order valence-corrected chi connectivity index (χ2v) is 6.90. The largest absolute Gasteiger partial charge is 0.379 e. The summed E-state index contributed by atoms with van der Waals surface area (Å²) in [5.41, 5.74) is 5.88. The molecule has 2 heterocycles. The summed E-state index contributed by atoms with van der Waals surface area (Å²) in [5, 5.41) is 0. The normalized spacial score (nSPS) is 36.9. The first-order valence-corrected chi connectivity index (χ1v) is 7.11. The van der Waals surface area contributed by atoms with Gasteiger partial charge in [0.25, 0.3) is 0 Å². The number of hydrogen-bond acceptors (Lipinski definition) is 5. The maximum atomic E-state index is 11.2. The topological polar surface area (TPSA) is 72.6 Å². The van der Waals surface area contributed by atoms with Crippen LogP contribution in [-0.4, -0.2) is 63.2 Å². The van der Waals surface area contributed by atoms with E-state index in [0.717, 1.165) is 19.6 Å². The predicted octanol–water partition coefficient (Wildman–Crippen LogP) is -1.17. The van der Waals surface area contributed by atoms with Crippen LogP contribution in [0, 0.1) is 0 Å². The molecule has 2 aliphatic heterocycles. The van der Waals surface area contributed by atoms with Crippen LogP contribution in [0.3, 0.4) is 0 Å². The lowest BCUT2D eigenvalue weighted by Crippen LogP contribution is -2.54.